The number of carbonyl (C=O) groups is 1. The van der Waals surface area contributed by atoms with Gasteiger partial charge in [0.25, 0.3) is 0 Å². The molecule has 3 nitrogen and oxygen atoms in total. The third kappa shape index (κ3) is 3.47. The molecule has 0 radical (unpaired) electrons. The zero-order valence-electron chi connectivity index (χ0n) is 11.4. The van der Waals surface area contributed by atoms with Crippen molar-refractivity contribution in [2.75, 3.05) is 6.61 Å². The van der Waals surface area contributed by atoms with Gasteiger partial charge < -0.3 is 9.30 Å². The van der Waals surface area contributed by atoms with Crippen LogP contribution in [0.2, 0.25) is 0 Å². The summed E-state index contributed by atoms with van der Waals surface area (Å²) < 4.78 is 7.74. The highest BCUT2D eigenvalue weighted by Crippen LogP contribution is 2.12. The third-order valence-electron chi connectivity index (χ3n) is 3.18. The van der Waals surface area contributed by atoms with Crippen LogP contribution in [0.3, 0.4) is 0 Å². The minimum atomic E-state index is 0.122. The molecule has 0 fully saturated rings. The molecular weight excluding hydrogens is 238 g/mol. The molecule has 0 atom stereocenters. The number of hydrogen-bond acceptors (Lipinski definition) is 2. The summed E-state index contributed by atoms with van der Waals surface area (Å²) in [6, 6.07) is 11.7. The Morgan fingerprint density at radius 2 is 1.95 bits per heavy atom. The summed E-state index contributed by atoms with van der Waals surface area (Å²) in [6.07, 6.45) is 2.89. The molecule has 0 spiro atoms. The Morgan fingerprint density at radius 1 is 1.21 bits per heavy atom. The van der Waals surface area contributed by atoms with Gasteiger partial charge in [-0.1, -0.05) is 18.2 Å². The van der Waals surface area contributed by atoms with Crippen molar-refractivity contribution in [3.05, 3.63) is 53.9 Å². The van der Waals surface area contributed by atoms with Crippen LogP contribution in [0, 0.1) is 6.92 Å². The maximum absolute atomic E-state index is 11.4. The zero-order valence-corrected chi connectivity index (χ0v) is 11.4. The Bertz CT molecular complexity index is 543. The van der Waals surface area contributed by atoms with E-state index in [2.05, 4.69) is 4.57 Å². The molecule has 1 aromatic heterocycles. The van der Waals surface area contributed by atoms with Crippen LogP contribution < -0.4 is 4.74 Å². The summed E-state index contributed by atoms with van der Waals surface area (Å²) in [5, 5.41) is 0. The lowest BCUT2D eigenvalue weighted by Gasteiger charge is -2.08. The molecule has 2 aromatic rings. The Labute approximate surface area is 113 Å². The maximum atomic E-state index is 11.4. The van der Waals surface area contributed by atoms with E-state index in [4.69, 9.17) is 4.74 Å². The minimum absolute atomic E-state index is 0.122. The summed E-state index contributed by atoms with van der Waals surface area (Å²) in [6.45, 7) is 5.13. The summed E-state index contributed by atoms with van der Waals surface area (Å²) >= 11 is 0. The van der Waals surface area contributed by atoms with Gasteiger partial charge >= 0.3 is 0 Å². The number of nitrogens with zero attached hydrogens (tertiary/aromatic N) is 1. The van der Waals surface area contributed by atoms with E-state index in [1.807, 2.05) is 49.5 Å². The topological polar surface area (TPSA) is 31.2 Å². The number of para-hydroxylation sites is 1. The number of Topliss-reactive ketones (excluding diaryl/α,β-unsaturated/α-hetero) is 1. The van der Waals surface area contributed by atoms with Crippen molar-refractivity contribution in [1.29, 1.82) is 0 Å². The van der Waals surface area contributed by atoms with E-state index >= 15 is 0 Å². The van der Waals surface area contributed by atoms with E-state index in [0.29, 0.717) is 6.61 Å². The van der Waals surface area contributed by atoms with Gasteiger partial charge in [-0.3, -0.25) is 4.79 Å². The molecule has 100 valence electrons. The molecule has 0 aliphatic heterocycles. The minimum Gasteiger partial charge on any atom is -0.494 e. The van der Waals surface area contributed by atoms with Crippen molar-refractivity contribution in [1.82, 2.24) is 4.57 Å². The molecule has 3 heteroatoms. The molecule has 19 heavy (non-hydrogen) atoms. The van der Waals surface area contributed by atoms with Crippen LogP contribution in [0.4, 0.5) is 0 Å². The Balaban J connectivity index is 1.82. The van der Waals surface area contributed by atoms with Gasteiger partial charge in [0.05, 0.1) is 6.61 Å². The maximum Gasteiger partial charge on any atom is 0.161 e. The van der Waals surface area contributed by atoms with Crippen LogP contribution >= 0.6 is 0 Å². The SMILES string of the molecule is CC(=O)c1ccn(CCCOc2ccccc2)c1C. The highest BCUT2D eigenvalue weighted by Gasteiger charge is 2.07. The van der Waals surface area contributed by atoms with Crippen LogP contribution in [0.1, 0.15) is 29.4 Å². The summed E-state index contributed by atoms with van der Waals surface area (Å²) in [4.78, 5) is 11.4. The largest absolute Gasteiger partial charge is 0.494 e. The second-order valence-corrected chi connectivity index (χ2v) is 4.58. The fraction of sp³-hybridized carbons (Fsp3) is 0.312. The van der Waals surface area contributed by atoms with Crippen molar-refractivity contribution in [3.63, 3.8) is 0 Å². The third-order valence-corrected chi connectivity index (χ3v) is 3.18. The zero-order chi connectivity index (χ0) is 13.7. The predicted octanol–water partition coefficient (Wildman–Crippen LogP) is 3.47. The number of carbonyl (C=O) groups excluding carboxylic acids is 1. The van der Waals surface area contributed by atoms with E-state index in [9.17, 15) is 4.79 Å². The van der Waals surface area contributed by atoms with E-state index < -0.39 is 0 Å². The lowest BCUT2D eigenvalue weighted by Crippen LogP contribution is -2.06. The van der Waals surface area contributed by atoms with Crippen molar-refractivity contribution >= 4 is 5.78 Å². The number of aryl methyl sites for hydroxylation is 1. The molecule has 0 bridgehead atoms. The molecule has 0 N–H and O–H groups in total. The lowest BCUT2D eigenvalue weighted by molar-refractivity contribution is 0.101. The van der Waals surface area contributed by atoms with Crippen molar-refractivity contribution < 1.29 is 9.53 Å². The van der Waals surface area contributed by atoms with Gasteiger partial charge in [-0.2, -0.15) is 0 Å². The van der Waals surface area contributed by atoms with E-state index in [1.54, 1.807) is 6.92 Å². The number of rotatable bonds is 6. The number of aromatic nitrogens is 1. The molecule has 1 aromatic carbocycles. The van der Waals surface area contributed by atoms with Gasteiger partial charge in [-0.15, -0.1) is 0 Å². The van der Waals surface area contributed by atoms with Gasteiger partial charge in [-0.25, -0.2) is 0 Å². The average Bonchev–Trinajstić information content (AvgIpc) is 2.77. The van der Waals surface area contributed by atoms with E-state index in [1.165, 1.54) is 0 Å². The first-order chi connectivity index (χ1) is 9.18. The first-order valence-electron chi connectivity index (χ1n) is 6.53. The van der Waals surface area contributed by atoms with Crippen LogP contribution in [0.15, 0.2) is 42.6 Å². The Kier molecular flexibility index (Phi) is 4.39. The van der Waals surface area contributed by atoms with Crippen LogP contribution in [0.5, 0.6) is 5.75 Å². The van der Waals surface area contributed by atoms with Crippen LogP contribution in [-0.4, -0.2) is 17.0 Å². The molecule has 0 aliphatic rings. The summed E-state index contributed by atoms with van der Waals surface area (Å²) in [5.41, 5.74) is 1.84. The van der Waals surface area contributed by atoms with Crippen molar-refractivity contribution in [2.24, 2.45) is 0 Å². The van der Waals surface area contributed by atoms with Gasteiger partial charge in [0, 0.05) is 24.0 Å². The van der Waals surface area contributed by atoms with Crippen molar-refractivity contribution in [3.8, 4) is 5.75 Å². The first-order valence-corrected chi connectivity index (χ1v) is 6.53. The second kappa shape index (κ2) is 6.23. The highest BCUT2D eigenvalue weighted by molar-refractivity contribution is 5.95. The average molecular weight is 257 g/mol. The van der Waals surface area contributed by atoms with E-state index in [-0.39, 0.29) is 5.78 Å². The van der Waals surface area contributed by atoms with Gasteiger partial charge in [-0.05, 0) is 38.5 Å². The van der Waals surface area contributed by atoms with Crippen LogP contribution in [-0.2, 0) is 6.54 Å². The first kappa shape index (κ1) is 13.4. The molecule has 0 amide bonds. The fourth-order valence-electron chi connectivity index (χ4n) is 2.11. The summed E-state index contributed by atoms with van der Waals surface area (Å²) in [5.74, 6) is 1.02. The van der Waals surface area contributed by atoms with Gasteiger partial charge in [0.15, 0.2) is 5.78 Å². The second-order valence-electron chi connectivity index (χ2n) is 4.58. The smallest absolute Gasteiger partial charge is 0.161 e. The molecular formula is C16H19NO2. The normalized spacial score (nSPS) is 10.4. The van der Waals surface area contributed by atoms with Gasteiger partial charge in [0.1, 0.15) is 5.75 Å². The van der Waals surface area contributed by atoms with E-state index in [0.717, 1.165) is 30.0 Å². The Hall–Kier alpha value is -2.03. The Morgan fingerprint density at radius 3 is 2.58 bits per heavy atom. The number of ether oxygens (including phenoxy) is 1. The summed E-state index contributed by atoms with van der Waals surface area (Å²) in [7, 11) is 0. The molecule has 0 aliphatic carbocycles. The monoisotopic (exact) mass is 257 g/mol. The number of ketones is 1. The predicted molar refractivity (Wildman–Crippen MR) is 75.7 cm³/mol. The molecule has 1 heterocycles. The fourth-order valence-corrected chi connectivity index (χ4v) is 2.11. The standard InChI is InChI=1S/C16H19NO2/c1-13-16(14(2)18)9-11-17(13)10-6-12-19-15-7-4-3-5-8-15/h3-5,7-9,11H,6,10,12H2,1-2H3. The molecule has 0 unspecified atom stereocenters. The molecule has 2 rings (SSSR count). The molecule has 0 saturated carbocycles. The van der Waals surface area contributed by atoms with Crippen molar-refractivity contribution in [2.45, 2.75) is 26.8 Å². The quantitative estimate of drug-likeness (QED) is 0.586. The number of benzene rings is 1. The lowest BCUT2D eigenvalue weighted by atomic mass is 10.2. The highest BCUT2D eigenvalue weighted by atomic mass is 16.5. The number of hydrogen-bond donors (Lipinski definition) is 0. The van der Waals surface area contributed by atoms with Crippen LogP contribution in [0.25, 0.3) is 0 Å². The van der Waals surface area contributed by atoms with Gasteiger partial charge in [0.2, 0.25) is 0 Å². The molecule has 0 saturated heterocycles.